The summed E-state index contributed by atoms with van der Waals surface area (Å²) in [6, 6.07) is 9.23. The van der Waals surface area contributed by atoms with Gasteiger partial charge in [-0.05, 0) is 75.5 Å². The molecule has 0 fully saturated rings. The molecule has 1 amide bonds. The minimum Gasteiger partial charge on any atom is -0.506 e. The highest BCUT2D eigenvalue weighted by molar-refractivity contribution is 14.1. The van der Waals surface area contributed by atoms with Gasteiger partial charge < -0.3 is 15.5 Å². The molecular weight excluding hydrogens is 500 g/mol. The number of halogens is 2. The maximum atomic E-state index is 12.2. The largest absolute Gasteiger partial charge is 0.506 e. The summed E-state index contributed by atoms with van der Waals surface area (Å²) in [6.07, 6.45) is 0. The van der Waals surface area contributed by atoms with E-state index in [0.29, 0.717) is 9.26 Å². The maximum absolute atomic E-state index is 12.2. The Balaban J connectivity index is 2.30. The molecule has 2 aromatic rings. The van der Waals surface area contributed by atoms with Crippen LogP contribution in [0.1, 0.15) is 20.7 Å². The number of carbonyl (C=O) groups is 2. The lowest BCUT2D eigenvalue weighted by atomic mass is 10.1. The van der Waals surface area contributed by atoms with Gasteiger partial charge >= 0.3 is 5.97 Å². The summed E-state index contributed by atoms with van der Waals surface area (Å²) >= 11 is 3.99. The zero-order valence-corrected chi connectivity index (χ0v) is 14.7. The number of hydrogen-bond acceptors (Lipinski definition) is 3. The Kier molecular flexibility index (Phi) is 5.04. The number of hydrogen-bond donors (Lipinski definition) is 3. The molecule has 0 spiro atoms. The smallest absolute Gasteiger partial charge is 0.335 e. The fourth-order valence-corrected chi connectivity index (χ4v) is 3.51. The Morgan fingerprint density at radius 3 is 2.48 bits per heavy atom. The van der Waals surface area contributed by atoms with Crippen molar-refractivity contribution in [3.63, 3.8) is 0 Å². The van der Waals surface area contributed by atoms with Crippen molar-refractivity contribution in [1.29, 1.82) is 0 Å². The first-order valence-corrected chi connectivity index (χ1v) is 7.87. The van der Waals surface area contributed by atoms with Crippen LogP contribution in [0, 0.1) is 7.14 Å². The molecule has 2 rings (SSSR count). The van der Waals surface area contributed by atoms with Gasteiger partial charge in [0.25, 0.3) is 5.91 Å². The molecule has 5 nitrogen and oxygen atoms in total. The van der Waals surface area contributed by atoms with E-state index in [2.05, 4.69) is 27.9 Å². The second-order valence-electron chi connectivity index (χ2n) is 4.12. The number of anilines is 1. The van der Waals surface area contributed by atoms with Gasteiger partial charge in [0.1, 0.15) is 5.75 Å². The van der Waals surface area contributed by atoms with Crippen LogP contribution in [0.2, 0.25) is 0 Å². The highest BCUT2D eigenvalue weighted by Gasteiger charge is 2.15. The minimum absolute atomic E-state index is 0.0780. The predicted octanol–water partition coefficient (Wildman–Crippen LogP) is 3.55. The fraction of sp³-hybridized carbons (Fsp3) is 0. The first-order valence-electron chi connectivity index (χ1n) is 5.71. The minimum atomic E-state index is -1.07. The summed E-state index contributed by atoms with van der Waals surface area (Å²) < 4.78 is 1.39. The third-order valence-electron chi connectivity index (χ3n) is 2.64. The molecule has 21 heavy (non-hydrogen) atoms. The molecule has 0 atom stereocenters. The lowest BCUT2D eigenvalue weighted by molar-refractivity contribution is 0.0696. The van der Waals surface area contributed by atoms with E-state index in [4.69, 9.17) is 5.11 Å². The average Bonchev–Trinajstić information content (AvgIpc) is 2.43. The van der Waals surface area contributed by atoms with Crippen LogP contribution in [0.25, 0.3) is 0 Å². The third-order valence-corrected chi connectivity index (χ3v) is 4.09. The van der Waals surface area contributed by atoms with Crippen molar-refractivity contribution in [2.45, 2.75) is 0 Å². The second-order valence-corrected chi connectivity index (χ2v) is 6.53. The summed E-state index contributed by atoms with van der Waals surface area (Å²) in [5.74, 6) is -1.66. The molecule has 3 N–H and O–H groups in total. The monoisotopic (exact) mass is 509 g/mol. The van der Waals surface area contributed by atoms with Crippen molar-refractivity contribution < 1.29 is 19.8 Å². The first kappa shape index (κ1) is 16.0. The summed E-state index contributed by atoms with van der Waals surface area (Å²) in [6.45, 7) is 0. The van der Waals surface area contributed by atoms with Gasteiger partial charge in [-0.2, -0.15) is 0 Å². The van der Waals surface area contributed by atoms with Gasteiger partial charge in [-0.1, -0.05) is 6.07 Å². The van der Waals surface area contributed by atoms with Crippen LogP contribution in [0.5, 0.6) is 5.75 Å². The van der Waals surface area contributed by atoms with Crippen molar-refractivity contribution in [3.05, 3.63) is 54.7 Å². The lowest BCUT2D eigenvalue weighted by Crippen LogP contribution is -2.13. The van der Waals surface area contributed by atoms with E-state index >= 15 is 0 Å². The van der Waals surface area contributed by atoms with E-state index in [9.17, 15) is 14.7 Å². The Bertz CT molecular complexity index is 731. The standard InChI is InChI=1S/C14H9I2NO4/c15-8-5-10(12(18)11(16)6-8)13(19)17-9-3-1-2-7(4-9)14(20)21/h1-6,18H,(H,17,19)(H,20,21). The van der Waals surface area contributed by atoms with E-state index in [1.54, 1.807) is 18.2 Å². The number of rotatable bonds is 3. The number of carboxylic acid groups (broad SMARTS) is 1. The molecule has 0 heterocycles. The van der Waals surface area contributed by atoms with Crippen molar-refractivity contribution >= 4 is 62.7 Å². The Labute approximate surface area is 147 Å². The SMILES string of the molecule is O=C(O)c1cccc(NC(=O)c2cc(I)cc(I)c2O)c1. The Morgan fingerprint density at radius 2 is 1.81 bits per heavy atom. The van der Waals surface area contributed by atoms with E-state index < -0.39 is 11.9 Å². The molecule has 0 radical (unpaired) electrons. The fourth-order valence-electron chi connectivity index (χ4n) is 1.67. The number of aromatic hydroxyl groups is 1. The van der Waals surface area contributed by atoms with Crippen LogP contribution in [0.15, 0.2) is 36.4 Å². The molecule has 0 aliphatic rings. The average molecular weight is 509 g/mol. The van der Waals surface area contributed by atoms with Crippen molar-refractivity contribution in [2.24, 2.45) is 0 Å². The van der Waals surface area contributed by atoms with E-state index in [0.717, 1.165) is 3.57 Å². The predicted molar refractivity (Wildman–Crippen MR) is 94.9 cm³/mol. The number of nitrogens with one attached hydrogen (secondary N) is 1. The van der Waals surface area contributed by atoms with Gasteiger partial charge in [0, 0.05) is 9.26 Å². The molecule has 0 unspecified atom stereocenters. The molecule has 0 bridgehead atoms. The maximum Gasteiger partial charge on any atom is 0.335 e. The molecule has 2 aromatic carbocycles. The summed E-state index contributed by atoms with van der Waals surface area (Å²) in [5.41, 5.74) is 0.578. The summed E-state index contributed by atoms with van der Waals surface area (Å²) in [5, 5.41) is 21.4. The zero-order chi connectivity index (χ0) is 15.6. The summed E-state index contributed by atoms with van der Waals surface area (Å²) in [4.78, 5) is 23.1. The van der Waals surface area contributed by atoms with Crippen molar-refractivity contribution in [1.82, 2.24) is 0 Å². The van der Waals surface area contributed by atoms with Gasteiger partial charge in [0.05, 0.1) is 14.7 Å². The van der Waals surface area contributed by atoms with E-state index in [-0.39, 0.29) is 16.9 Å². The van der Waals surface area contributed by atoms with Crippen LogP contribution in [-0.4, -0.2) is 22.1 Å². The number of carboxylic acids is 1. The number of aromatic carboxylic acids is 1. The normalized spacial score (nSPS) is 10.2. The molecular formula is C14H9I2NO4. The quantitative estimate of drug-likeness (QED) is 0.553. The first-order chi connectivity index (χ1) is 9.88. The van der Waals surface area contributed by atoms with Gasteiger partial charge in [-0.15, -0.1) is 0 Å². The summed E-state index contributed by atoms with van der Waals surface area (Å²) in [7, 11) is 0. The molecule has 0 aliphatic heterocycles. The molecule has 7 heteroatoms. The Hall–Kier alpha value is -1.36. The van der Waals surface area contributed by atoms with Gasteiger partial charge in [0.15, 0.2) is 0 Å². The zero-order valence-electron chi connectivity index (χ0n) is 10.4. The highest BCUT2D eigenvalue weighted by Crippen LogP contribution is 2.27. The van der Waals surface area contributed by atoms with Crippen molar-refractivity contribution in [3.8, 4) is 5.75 Å². The molecule has 108 valence electrons. The molecule has 0 saturated heterocycles. The number of benzene rings is 2. The van der Waals surface area contributed by atoms with Crippen LogP contribution in [0.3, 0.4) is 0 Å². The second kappa shape index (κ2) is 6.60. The molecule has 0 aromatic heterocycles. The van der Waals surface area contributed by atoms with Gasteiger partial charge in [-0.3, -0.25) is 4.79 Å². The van der Waals surface area contributed by atoms with Crippen molar-refractivity contribution in [2.75, 3.05) is 5.32 Å². The molecule has 0 saturated carbocycles. The van der Waals surface area contributed by atoms with Gasteiger partial charge in [0.2, 0.25) is 0 Å². The van der Waals surface area contributed by atoms with Crippen LogP contribution < -0.4 is 5.32 Å². The Morgan fingerprint density at radius 1 is 1.10 bits per heavy atom. The number of amides is 1. The lowest BCUT2D eigenvalue weighted by Gasteiger charge is -2.09. The highest BCUT2D eigenvalue weighted by atomic mass is 127. The van der Waals surface area contributed by atoms with Crippen LogP contribution in [-0.2, 0) is 0 Å². The third kappa shape index (κ3) is 3.84. The van der Waals surface area contributed by atoms with E-state index in [1.165, 1.54) is 18.2 Å². The van der Waals surface area contributed by atoms with Crippen LogP contribution in [0.4, 0.5) is 5.69 Å². The van der Waals surface area contributed by atoms with Crippen LogP contribution >= 0.6 is 45.2 Å². The topological polar surface area (TPSA) is 86.6 Å². The molecule has 0 aliphatic carbocycles. The number of phenolic OH excluding ortho intramolecular Hbond substituents is 1. The number of phenols is 1. The van der Waals surface area contributed by atoms with E-state index in [1.807, 2.05) is 22.6 Å². The number of carbonyl (C=O) groups excluding carboxylic acids is 1. The van der Waals surface area contributed by atoms with Gasteiger partial charge in [-0.25, -0.2) is 4.79 Å².